The summed E-state index contributed by atoms with van der Waals surface area (Å²) in [7, 11) is -11.7. The highest BCUT2D eigenvalue weighted by Crippen LogP contribution is 2.63. The van der Waals surface area contributed by atoms with Crippen LogP contribution < -0.4 is 22.5 Å². The molecule has 0 saturated heterocycles. The first kappa shape index (κ1) is 36.0. The molecule has 0 bridgehead atoms. The second-order valence-corrected chi connectivity index (χ2v) is 12.8. The minimum atomic E-state index is -5.85. The van der Waals surface area contributed by atoms with E-state index >= 15 is 0 Å². The van der Waals surface area contributed by atoms with Gasteiger partial charge in [0.2, 0.25) is 11.8 Å². The van der Waals surface area contributed by atoms with E-state index in [-0.39, 0.29) is 12.0 Å². The number of alkyl halides is 4. The molecule has 11 N–H and O–H groups in total. The topological polar surface area (TPSA) is 266 Å². The molecule has 0 spiro atoms. The molecule has 1 unspecified atom stereocenters. The minimum Gasteiger partial charge on any atom is -0.480 e. The normalized spacial score (nSPS) is 16.0. The Bertz CT molecular complexity index is 1420. The zero-order valence-corrected chi connectivity index (χ0v) is 23.6. The summed E-state index contributed by atoms with van der Waals surface area (Å²) >= 11 is 0. The van der Waals surface area contributed by atoms with Crippen molar-refractivity contribution in [3.8, 4) is 0 Å². The first-order valence-electron chi connectivity index (χ1n) is 11.9. The maximum absolute atomic E-state index is 14.8. The van der Waals surface area contributed by atoms with Gasteiger partial charge in [-0.2, -0.15) is 17.6 Å². The molecule has 2 amide bonds. The first-order chi connectivity index (χ1) is 19.6. The molecule has 2 aromatic rings. The van der Waals surface area contributed by atoms with Crippen molar-refractivity contribution in [3.63, 3.8) is 0 Å². The summed E-state index contributed by atoms with van der Waals surface area (Å²) in [6.07, 6.45) is -0.624. The molecule has 4 atom stereocenters. The predicted molar refractivity (Wildman–Crippen MR) is 141 cm³/mol. The van der Waals surface area contributed by atoms with E-state index in [1.54, 1.807) is 0 Å². The van der Waals surface area contributed by atoms with Crippen LogP contribution in [0.4, 0.5) is 17.6 Å². The predicted octanol–water partition coefficient (Wildman–Crippen LogP) is 0.659. The number of primary amides is 1. The van der Waals surface area contributed by atoms with Crippen LogP contribution in [-0.2, 0) is 52.2 Å². The zero-order chi connectivity index (χ0) is 33.0. The van der Waals surface area contributed by atoms with Crippen molar-refractivity contribution < 1.29 is 65.4 Å². The number of nitrogens with two attached hydrogens (primary N) is 3. The Labute approximate surface area is 240 Å². The van der Waals surface area contributed by atoms with Gasteiger partial charge in [0.15, 0.2) is 0 Å². The van der Waals surface area contributed by atoms with E-state index < -0.39 is 86.6 Å². The van der Waals surface area contributed by atoms with Gasteiger partial charge in [0.1, 0.15) is 12.1 Å². The third kappa shape index (κ3) is 8.90. The molecule has 0 aliphatic heterocycles. The number of hydrogen-bond donors (Lipinski definition) is 8. The highest BCUT2D eigenvalue weighted by molar-refractivity contribution is 7.53. The molecule has 0 fully saturated rings. The van der Waals surface area contributed by atoms with Crippen LogP contribution in [0.1, 0.15) is 22.3 Å². The van der Waals surface area contributed by atoms with Gasteiger partial charge in [-0.25, -0.2) is 4.79 Å². The van der Waals surface area contributed by atoms with Crippen LogP contribution in [0.2, 0.25) is 0 Å². The van der Waals surface area contributed by atoms with E-state index in [9.17, 15) is 51.1 Å². The monoisotopic (exact) mass is 658 g/mol. The average molecular weight is 658 g/mol. The van der Waals surface area contributed by atoms with E-state index in [0.717, 1.165) is 36.4 Å². The van der Waals surface area contributed by atoms with E-state index in [0.29, 0.717) is 17.7 Å². The molecule has 0 saturated carbocycles. The van der Waals surface area contributed by atoms with Crippen LogP contribution in [0.15, 0.2) is 48.5 Å². The van der Waals surface area contributed by atoms with Gasteiger partial charge in [-0.15, -0.1) is 0 Å². The number of carbonyl (C=O) groups excluding carboxylic acids is 2. The summed E-state index contributed by atoms with van der Waals surface area (Å²) in [5.74, 6) is -3.76. The summed E-state index contributed by atoms with van der Waals surface area (Å²) in [5.41, 5.74) is 5.43. The Balaban J connectivity index is 2.04. The molecule has 0 aliphatic carbocycles. The van der Waals surface area contributed by atoms with Crippen LogP contribution in [-0.4, -0.2) is 62.3 Å². The largest absolute Gasteiger partial charge is 0.480 e. The standard InChI is InChI=1S/C23H28F4N4O10P2/c24-22(25,42(36,37)38)14-5-3-13(4-6-14)10-18(21(34)35)31-20(33)17(29)11-41-43(39,40)23(26,27)15-7-1-12(2-8-15)9-16(28)19(30)32/h1-8,16-18H,9-11,28-29H2,(H2,30,32)(H,31,33)(H,34,35)(H,39,40)(H2,36,37,38)/t16-,17-,18-/m0/s1. The minimum absolute atomic E-state index is 0.0323. The molecule has 0 aliphatic rings. The Hall–Kier alpha value is -3.21. The Morgan fingerprint density at radius 1 is 0.814 bits per heavy atom. The van der Waals surface area contributed by atoms with Crippen molar-refractivity contribution in [1.29, 1.82) is 0 Å². The summed E-state index contributed by atoms with van der Waals surface area (Å²) in [5, 5.41) is 11.4. The lowest BCUT2D eigenvalue weighted by Crippen LogP contribution is -2.50. The fourth-order valence-corrected chi connectivity index (χ4v) is 4.91. The molecule has 238 valence electrons. The van der Waals surface area contributed by atoms with Gasteiger partial charge >= 0.3 is 32.5 Å². The molecule has 20 heteroatoms. The quantitative estimate of drug-likeness (QED) is 0.0969. The van der Waals surface area contributed by atoms with Gasteiger partial charge in [-0.3, -0.25) is 18.7 Å². The number of amides is 2. The fraction of sp³-hybridized carbons (Fsp3) is 0.348. The van der Waals surface area contributed by atoms with E-state index in [4.69, 9.17) is 27.0 Å². The number of halogens is 4. The van der Waals surface area contributed by atoms with E-state index in [1.807, 2.05) is 5.32 Å². The molecule has 43 heavy (non-hydrogen) atoms. The summed E-state index contributed by atoms with van der Waals surface area (Å²) in [6.45, 7) is -1.25. The van der Waals surface area contributed by atoms with Gasteiger partial charge in [-0.05, 0) is 17.5 Å². The van der Waals surface area contributed by atoms with Crippen LogP contribution in [0, 0.1) is 0 Å². The molecule has 2 aromatic carbocycles. The third-order valence-corrected chi connectivity index (χ3v) is 8.42. The number of aliphatic carboxylic acids is 1. The number of hydrogen-bond acceptors (Lipinski definition) is 8. The molecule has 14 nitrogen and oxygen atoms in total. The van der Waals surface area contributed by atoms with E-state index in [2.05, 4.69) is 4.52 Å². The van der Waals surface area contributed by atoms with Gasteiger partial charge in [0.05, 0.1) is 12.6 Å². The summed E-state index contributed by atoms with van der Waals surface area (Å²) in [6, 6.07) is 2.23. The number of rotatable bonds is 15. The molecule has 2 rings (SSSR count). The molecular formula is C23H28F4N4O10P2. The number of carboxylic acids is 1. The number of carbonyl (C=O) groups is 3. The second kappa shape index (κ2) is 13.6. The SMILES string of the molecule is NC(=O)[C@@H](N)Cc1ccc(C(F)(F)P(=O)(O)OC[C@H](N)C(=O)N[C@@H](Cc2ccc(C(F)(F)P(=O)(O)O)cc2)C(=O)O)cc1. The molecule has 0 heterocycles. The molecular weight excluding hydrogens is 630 g/mol. The number of nitrogens with one attached hydrogen (secondary N) is 1. The van der Waals surface area contributed by atoms with Gasteiger partial charge in [-0.1, -0.05) is 48.5 Å². The molecule has 0 radical (unpaired) electrons. The van der Waals surface area contributed by atoms with E-state index in [1.165, 1.54) is 0 Å². The number of carboxylic acid groups (broad SMARTS) is 1. The van der Waals surface area contributed by atoms with Crippen LogP contribution in [0.5, 0.6) is 0 Å². The number of benzene rings is 2. The van der Waals surface area contributed by atoms with Crippen molar-refractivity contribution in [1.82, 2.24) is 5.32 Å². The van der Waals surface area contributed by atoms with Gasteiger partial charge < -0.3 is 46.8 Å². The lowest BCUT2D eigenvalue weighted by atomic mass is 10.0. The van der Waals surface area contributed by atoms with Gasteiger partial charge in [0, 0.05) is 17.5 Å². The van der Waals surface area contributed by atoms with Crippen molar-refractivity contribution in [2.45, 2.75) is 42.3 Å². The summed E-state index contributed by atoms with van der Waals surface area (Å²) < 4.78 is 85.0. The lowest BCUT2D eigenvalue weighted by molar-refractivity contribution is -0.142. The first-order valence-corrected chi connectivity index (χ1v) is 15.1. The summed E-state index contributed by atoms with van der Waals surface area (Å²) in [4.78, 5) is 62.6. The highest BCUT2D eigenvalue weighted by Gasteiger charge is 2.53. The van der Waals surface area contributed by atoms with Crippen molar-refractivity contribution >= 4 is 33.0 Å². The van der Waals surface area contributed by atoms with Crippen molar-refractivity contribution in [2.75, 3.05) is 6.61 Å². The lowest BCUT2D eigenvalue weighted by Gasteiger charge is -2.24. The van der Waals surface area contributed by atoms with Gasteiger partial charge in [0.25, 0.3) is 0 Å². The maximum atomic E-state index is 14.8. The zero-order valence-electron chi connectivity index (χ0n) is 21.8. The van der Waals surface area contributed by atoms with Crippen molar-refractivity contribution in [2.24, 2.45) is 17.2 Å². The maximum Gasteiger partial charge on any atom is 0.401 e. The Kier molecular flexibility index (Phi) is 11.4. The average Bonchev–Trinajstić information content (AvgIpc) is 2.91. The highest BCUT2D eigenvalue weighted by atomic mass is 31.2. The molecule has 0 aromatic heterocycles. The second-order valence-electron chi connectivity index (χ2n) is 9.26. The Morgan fingerprint density at radius 2 is 1.26 bits per heavy atom. The van der Waals surface area contributed by atoms with Crippen LogP contribution >= 0.6 is 15.2 Å². The fourth-order valence-electron chi connectivity index (χ4n) is 3.42. The Morgan fingerprint density at radius 3 is 1.67 bits per heavy atom. The van der Waals surface area contributed by atoms with Crippen LogP contribution in [0.3, 0.4) is 0 Å². The van der Waals surface area contributed by atoms with Crippen LogP contribution in [0.25, 0.3) is 0 Å². The smallest absolute Gasteiger partial charge is 0.401 e. The van der Waals surface area contributed by atoms with Crippen molar-refractivity contribution in [3.05, 3.63) is 70.8 Å². The third-order valence-electron chi connectivity index (χ3n) is 5.96.